The number of aromatic nitrogens is 2. The standard InChI is InChI=1S/C11H19N3O3S/c1-2-4-10-13-11(18(12,15)16)7-14(10)9-5-3-6-17-8-9/h7,9H,2-6,8H2,1H3,(H2,12,15,16). The van der Waals surface area contributed by atoms with E-state index in [4.69, 9.17) is 9.88 Å². The van der Waals surface area contributed by atoms with Gasteiger partial charge in [0.05, 0.1) is 12.6 Å². The smallest absolute Gasteiger partial charge is 0.257 e. The average molecular weight is 273 g/mol. The molecule has 2 N–H and O–H groups in total. The van der Waals surface area contributed by atoms with Gasteiger partial charge in [0.25, 0.3) is 10.0 Å². The molecule has 6 nitrogen and oxygen atoms in total. The van der Waals surface area contributed by atoms with Crippen LogP contribution in [0, 0.1) is 0 Å². The van der Waals surface area contributed by atoms with Crippen LogP contribution >= 0.6 is 0 Å². The maximum Gasteiger partial charge on any atom is 0.257 e. The molecule has 18 heavy (non-hydrogen) atoms. The highest BCUT2D eigenvalue weighted by molar-refractivity contribution is 7.89. The van der Waals surface area contributed by atoms with Gasteiger partial charge in [0, 0.05) is 19.2 Å². The van der Waals surface area contributed by atoms with E-state index in [1.807, 2.05) is 11.5 Å². The lowest BCUT2D eigenvalue weighted by atomic mass is 10.1. The molecule has 0 amide bonds. The van der Waals surface area contributed by atoms with Gasteiger partial charge in [0.15, 0.2) is 5.03 Å². The summed E-state index contributed by atoms with van der Waals surface area (Å²) in [6, 6.07) is 0.170. The fourth-order valence-corrected chi connectivity index (χ4v) is 2.71. The van der Waals surface area contributed by atoms with Crippen LogP contribution in [0.15, 0.2) is 11.2 Å². The van der Waals surface area contributed by atoms with Crippen LogP contribution in [0.25, 0.3) is 0 Å². The zero-order valence-electron chi connectivity index (χ0n) is 10.5. The average Bonchev–Trinajstić information content (AvgIpc) is 2.75. The van der Waals surface area contributed by atoms with Crippen molar-refractivity contribution in [2.75, 3.05) is 13.2 Å². The maximum atomic E-state index is 11.4. The van der Waals surface area contributed by atoms with Crippen molar-refractivity contribution in [1.29, 1.82) is 0 Å². The molecule has 1 aliphatic rings. The number of aryl methyl sites for hydroxylation is 1. The fraction of sp³-hybridized carbons (Fsp3) is 0.727. The Morgan fingerprint density at radius 3 is 2.94 bits per heavy atom. The molecule has 1 fully saturated rings. The summed E-state index contributed by atoms with van der Waals surface area (Å²) in [6.07, 6.45) is 5.16. The van der Waals surface area contributed by atoms with Crippen molar-refractivity contribution >= 4 is 10.0 Å². The van der Waals surface area contributed by atoms with E-state index in [-0.39, 0.29) is 11.1 Å². The molecule has 0 radical (unpaired) electrons. The van der Waals surface area contributed by atoms with E-state index in [0.29, 0.717) is 6.61 Å². The van der Waals surface area contributed by atoms with E-state index in [1.165, 1.54) is 0 Å². The number of nitrogens with two attached hydrogens (primary N) is 1. The molecular weight excluding hydrogens is 254 g/mol. The maximum absolute atomic E-state index is 11.4. The first kappa shape index (κ1) is 13.5. The Morgan fingerprint density at radius 1 is 1.61 bits per heavy atom. The van der Waals surface area contributed by atoms with Crippen molar-refractivity contribution in [2.24, 2.45) is 5.14 Å². The number of hydrogen-bond acceptors (Lipinski definition) is 4. The second-order valence-corrected chi connectivity index (χ2v) is 6.08. The van der Waals surface area contributed by atoms with Gasteiger partial charge in [-0.05, 0) is 19.3 Å². The summed E-state index contributed by atoms with van der Waals surface area (Å²) in [4.78, 5) is 4.14. The normalized spacial score (nSPS) is 21.1. The predicted molar refractivity (Wildman–Crippen MR) is 66.7 cm³/mol. The van der Waals surface area contributed by atoms with Crippen molar-refractivity contribution in [3.05, 3.63) is 12.0 Å². The highest BCUT2D eigenvalue weighted by atomic mass is 32.2. The molecule has 2 heterocycles. The van der Waals surface area contributed by atoms with Crippen molar-refractivity contribution in [2.45, 2.75) is 43.7 Å². The molecule has 2 rings (SSSR count). The van der Waals surface area contributed by atoms with Crippen LogP contribution in [0.2, 0.25) is 0 Å². The largest absolute Gasteiger partial charge is 0.379 e. The fourth-order valence-electron chi connectivity index (χ4n) is 2.21. The van der Waals surface area contributed by atoms with E-state index in [1.54, 1.807) is 6.20 Å². The van der Waals surface area contributed by atoms with Crippen LogP contribution in [-0.4, -0.2) is 31.2 Å². The van der Waals surface area contributed by atoms with Crippen LogP contribution in [0.4, 0.5) is 0 Å². The summed E-state index contributed by atoms with van der Waals surface area (Å²) in [5.74, 6) is 0.775. The molecule has 0 saturated carbocycles. The minimum Gasteiger partial charge on any atom is -0.379 e. The second kappa shape index (κ2) is 5.38. The van der Waals surface area contributed by atoms with Gasteiger partial charge in [-0.3, -0.25) is 0 Å². The van der Waals surface area contributed by atoms with Gasteiger partial charge < -0.3 is 9.30 Å². The SMILES string of the molecule is CCCc1nc(S(N)(=O)=O)cn1C1CCCOC1. The third-order valence-electron chi connectivity index (χ3n) is 3.08. The summed E-state index contributed by atoms with van der Waals surface area (Å²) in [7, 11) is -3.73. The second-order valence-electron chi connectivity index (χ2n) is 4.57. The molecule has 1 aromatic heterocycles. The molecule has 0 aliphatic carbocycles. The van der Waals surface area contributed by atoms with E-state index in [0.717, 1.165) is 38.1 Å². The number of ether oxygens (including phenoxy) is 1. The molecular formula is C11H19N3O3S. The van der Waals surface area contributed by atoms with Gasteiger partial charge in [-0.1, -0.05) is 6.92 Å². The number of hydrogen-bond donors (Lipinski definition) is 1. The topological polar surface area (TPSA) is 87.2 Å². The van der Waals surface area contributed by atoms with Crippen LogP contribution in [-0.2, 0) is 21.2 Å². The van der Waals surface area contributed by atoms with E-state index < -0.39 is 10.0 Å². The van der Waals surface area contributed by atoms with Crippen LogP contribution in [0.5, 0.6) is 0 Å². The lowest BCUT2D eigenvalue weighted by Gasteiger charge is -2.24. The Labute approximate surface area is 107 Å². The molecule has 0 aromatic carbocycles. The first-order valence-corrected chi connectivity index (χ1v) is 7.75. The lowest BCUT2D eigenvalue weighted by Crippen LogP contribution is -2.22. The molecule has 102 valence electrons. The van der Waals surface area contributed by atoms with Crippen LogP contribution in [0.3, 0.4) is 0 Å². The Balaban J connectivity index is 2.34. The van der Waals surface area contributed by atoms with Crippen molar-refractivity contribution < 1.29 is 13.2 Å². The Morgan fingerprint density at radius 2 is 2.39 bits per heavy atom. The minimum atomic E-state index is -3.73. The monoisotopic (exact) mass is 273 g/mol. The lowest BCUT2D eigenvalue weighted by molar-refractivity contribution is 0.0581. The molecule has 1 aliphatic heterocycles. The third kappa shape index (κ3) is 2.90. The highest BCUT2D eigenvalue weighted by Crippen LogP contribution is 2.23. The Hall–Kier alpha value is -0.920. The van der Waals surface area contributed by atoms with Gasteiger partial charge >= 0.3 is 0 Å². The van der Waals surface area contributed by atoms with Gasteiger partial charge in [-0.2, -0.15) is 0 Å². The number of imidazole rings is 1. The van der Waals surface area contributed by atoms with Crippen LogP contribution < -0.4 is 5.14 Å². The summed E-state index contributed by atoms with van der Waals surface area (Å²) in [5, 5.41) is 5.08. The predicted octanol–water partition coefficient (Wildman–Crippen LogP) is 0.835. The first-order chi connectivity index (χ1) is 8.52. The molecule has 7 heteroatoms. The third-order valence-corrected chi connectivity index (χ3v) is 3.86. The van der Waals surface area contributed by atoms with Gasteiger partial charge in [0.2, 0.25) is 0 Å². The van der Waals surface area contributed by atoms with E-state index in [9.17, 15) is 8.42 Å². The van der Waals surface area contributed by atoms with Crippen molar-refractivity contribution in [3.63, 3.8) is 0 Å². The quantitative estimate of drug-likeness (QED) is 0.880. The molecule has 1 atom stereocenters. The van der Waals surface area contributed by atoms with E-state index in [2.05, 4.69) is 4.98 Å². The van der Waals surface area contributed by atoms with Gasteiger partial charge in [-0.25, -0.2) is 18.5 Å². The molecule has 1 unspecified atom stereocenters. The Bertz CT molecular complexity index is 504. The zero-order chi connectivity index (χ0) is 13.2. The first-order valence-electron chi connectivity index (χ1n) is 6.20. The number of primary sulfonamides is 1. The minimum absolute atomic E-state index is 0.0449. The van der Waals surface area contributed by atoms with Crippen LogP contribution in [0.1, 0.15) is 38.1 Å². The number of rotatable bonds is 4. The van der Waals surface area contributed by atoms with Gasteiger partial charge in [0.1, 0.15) is 5.82 Å². The summed E-state index contributed by atoms with van der Waals surface area (Å²) >= 11 is 0. The van der Waals surface area contributed by atoms with Crippen molar-refractivity contribution in [1.82, 2.24) is 9.55 Å². The summed E-state index contributed by atoms with van der Waals surface area (Å²) in [6.45, 7) is 3.42. The number of sulfonamides is 1. The molecule has 1 aromatic rings. The van der Waals surface area contributed by atoms with Gasteiger partial charge in [-0.15, -0.1) is 0 Å². The Kier molecular flexibility index (Phi) is 4.04. The number of nitrogens with zero attached hydrogens (tertiary/aromatic N) is 2. The molecule has 0 bridgehead atoms. The van der Waals surface area contributed by atoms with E-state index >= 15 is 0 Å². The molecule has 0 spiro atoms. The van der Waals surface area contributed by atoms with Crippen molar-refractivity contribution in [3.8, 4) is 0 Å². The summed E-state index contributed by atoms with van der Waals surface area (Å²) < 4.78 is 30.1. The molecule has 1 saturated heterocycles. The highest BCUT2D eigenvalue weighted by Gasteiger charge is 2.22. The summed E-state index contributed by atoms with van der Waals surface area (Å²) in [5.41, 5.74) is 0. The zero-order valence-corrected chi connectivity index (χ0v) is 11.3.